The van der Waals surface area contributed by atoms with E-state index in [1.165, 1.54) is 11.8 Å². The maximum Gasteiger partial charge on any atom is 0.326 e. The number of aliphatic carboxylic acids is 1. The number of hydrogen-bond acceptors (Lipinski definition) is 6. The van der Waals surface area contributed by atoms with Crippen LogP contribution in [0.25, 0.3) is 0 Å². The van der Waals surface area contributed by atoms with Crippen molar-refractivity contribution in [1.29, 1.82) is 0 Å². The summed E-state index contributed by atoms with van der Waals surface area (Å²) in [5.74, 6) is -2.37. The van der Waals surface area contributed by atoms with Crippen LogP contribution in [0, 0.1) is 11.8 Å². The van der Waals surface area contributed by atoms with Gasteiger partial charge in [0.1, 0.15) is 12.1 Å². The second-order valence-corrected chi connectivity index (χ2v) is 8.08. The van der Waals surface area contributed by atoms with Crippen molar-refractivity contribution in [3.8, 4) is 0 Å². The van der Waals surface area contributed by atoms with E-state index in [9.17, 15) is 24.3 Å². The third-order valence-corrected chi connectivity index (χ3v) is 5.13. The van der Waals surface area contributed by atoms with Crippen LogP contribution in [0.4, 0.5) is 0 Å². The molecule has 0 rings (SSSR count). The maximum atomic E-state index is 12.6. The first-order valence-corrected chi connectivity index (χ1v) is 10.8. The van der Waals surface area contributed by atoms with Crippen LogP contribution in [-0.4, -0.2) is 65.5 Å². The SMILES string of the molecule is CCC(C)C(NC(=O)CNC(=O)C(N)C(C)C)C(=O)NC(CCSC)C(=O)O. The topological polar surface area (TPSA) is 151 Å². The van der Waals surface area contributed by atoms with Crippen LogP contribution >= 0.6 is 11.8 Å². The van der Waals surface area contributed by atoms with E-state index in [1.54, 1.807) is 20.8 Å². The largest absolute Gasteiger partial charge is 0.480 e. The molecule has 0 aliphatic heterocycles. The Hall–Kier alpha value is -1.81. The van der Waals surface area contributed by atoms with Gasteiger partial charge in [-0.25, -0.2) is 4.79 Å². The second-order valence-electron chi connectivity index (χ2n) is 7.10. The molecule has 0 aliphatic rings. The van der Waals surface area contributed by atoms with Crippen LogP contribution in [0.1, 0.15) is 40.5 Å². The van der Waals surface area contributed by atoms with Crippen LogP contribution in [0.2, 0.25) is 0 Å². The van der Waals surface area contributed by atoms with Gasteiger partial charge in [-0.3, -0.25) is 14.4 Å². The molecule has 10 heteroatoms. The van der Waals surface area contributed by atoms with Gasteiger partial charge in [-0.1, -0.05) is 34.1 Å². The summed E-state index contributed by atoms with van der Waals surface area (Å²) in [5.41, 5.74) is 5.72. The molecule has 9 nitrogen and oxygen atoms in total. The molecular formula is C18H34N4O5S. The Morgan fingerprint density at radius 3 is 2.14 bits per heavy atom. The van der Waals surface area contributed by atoms with E-state index in [0.717, 1.165) is 0 Å². The second kappa shape index (κ2) is 13.4. The first kappa shape index (κ1) is 26.2. The van der Waals surface area contributed by atoms with Crippen molar-refractivity contribution in [2.45, 2.75) is 58.7 Å². The average molecular weight is 419 g/mol. The lowest BCUT2D eigenvalue weighted by Gasteiger charge is -2.25. The molecule has 0 aromatic carbocycles. The number of carbonyl (C=O) groups excluding carboxylic acids is 3. The van der Waals surface area contributed by atoms with Gasteiger partial charge in [-0.2, -0.15) is 11.8 Å². The number of carboxylic acid groups (broad SMARTS) is 1. The molecule has 0 saturated carbocycles. The highest BCUT2D eigenvalue weighted by molar-refractivity contribution is 7.98. The monoisotopic (exact) mass is 418 g/mol. The summed E-state index contributed by atoms with van der Waals surface area (Å²) >= 11 is 1.48. The summed E-state index contributed by atoms with van der Waals surface area (Å²) in [4.78, 5) is 48.0. The van der Waals surface area contributed by atoms with Gasteiger partial charge in [0, 0.05) is 0 Å². The number of nitrogens with one attached hydrogen (secondary N) is 3. The number of hydrogen-bond donors (Lipinski definition) is 5. The van der Waals surface area contributed by atoms with Crippen molar-refractivity contribution in [3.05, 3.63) is 0 Å². The fraction of sp³-hybridized carbons (Fsp3) is 0.778. The molecule has 0 saturated heterocycles. The number of rotatable bonds is 13. The molecule has 0 radical (unpaired) electrons. The fourth-order valence-corrected chi connectivity index (χ4v) is 2.74. The van der Waals surface area contributed by atoms with Gasteiger partial charge in [0.15, 0.2) is 0 Å². The van der Waals surface area contributed by atoms with E-state index in [0.29, 0.717) is 12.2 Å². The molecule has 4 atom stereocenters. The zero-order chi connectivity index (χ0) is 21.9. The van der Waals surface area contributed by atoms with Gasteiger partial charge in [0.2, 0.25) is 17.7 Å². The molecule has 0 aromatic heterocycles. The van der Waals surface area contributed by atoms with Crippen LogP contribution in [0.5, 0.6) is 0 Å². The van der Waals surface area contributed by atoms with Crippen LogP contribution < -0.4 is 21.7 Å². The van der Waals surface area contributed by atoms with Gasteiger partial charge < -0.3 is 26.8 Å². The predicted octanol–water partition coefficient (Wildman–Crippen LogP) is -0.0607. The molecule has 0 heterocycles. The molecule has 0 fully saturated rings. The summed E-state index contributed by atoms with van der Waals surface area (Å²) < 4.78 is 0. The molecule has 0 spiro atoms. The minimum absolute atomic E-state index is 0.0732. The smallest absolute Gasteiger partial charge is 0.326 e. The highest BCUT2D eigenvalue weighted by Gasteiger charge is 2.29. The number of carbonyl (C=O) groups is 4. The molecule has 4 unspecified atom stereocenters. The van der Waals surface area contributed by atoms with E-state index in [4.69, 9.17) is 5.73 Å². The van der Waals surface area contributed by atoms with Crippen molar-refractivity contribution in [2.75, 3.05) is 18.6 Å². The number of amides is 3. The lowest BCUT2D eigenvalue weighted by atomic mass is 9.97. The van der Waals surface area contributed by atoms with E-state index in [1.807, 2.05) is 13.2 Å². The van der Waals surface area contributed by atoms with E-state index < -0.39 is 41.8 Å². The Balaban J connectivity index is 4.93. The maximum absolute atomic E-state index is 12.6. The van der Waals surface area contributed by atoms with Crippen LogP contribution in [-0.2, 0) is 19.2 Å². The van der Waals surface area contributed by atoms with E-state index >= 15 is 0 Å². The highest BCUT2D eigenvalue weighted by Crippen LogP contribution is 2.09. The molecule has 0 aromatic rings. The Kier molecular flexibility index (Phi) is 12.5. The molecule has 3 amide bonds. The standard InChI is InChI=1S/C18H34N4O5S/c1-6-11(4)15(17(25)21-12(18(26)27)7-8-28-5)22-13(23)9-20-16(24)14(19)10(2)3/h10-12,14-15H,6-9,19H2,1-5H3,(H,20,24)(H,21,25)(H,22,23)(H,26,27). The third-order valence-electron chi connectivity index (χ3n) is 4.48. The molecule has 6 N–H and O–H groups in total. The van der Waals surface area contributed by atoms with Crippen molar-refractivity contribution < 1.29 is 24.3 Å². The quantitative estimate of drug-likeness (QED) is 0.281. The lowest BCUT2D eigenvalue weighted by Crippen LogP contribution is -2.56. The zero-order valence-electron chi connectivity index (χ0n) is 17.3. The first-order valence-electron chi connectivity index (χ1n) is 9.39. The molecule has 28 heavy (non-hydrogen) atoms. The normalized spacial score (nSPS) is 15.2. The zero-order valence-corrected chi connectivity index (χ0v) is 18.1. The van der Waals surface area contributed by atoms with Gasteiger partial charge in [-0.15, -0.1) is 0 Å². The number of thioether (sulfide) groups is 1. The molecular weight excluding hydrogens is 384 g/mol. The van der Waals surface area contributed by atoms with Crippen molar-refractivity contribution in [1.82, 2.24) is 16.0 Å². The Morgan fingerprint density at radius 1 is 1.07 bits per heavy atom. The summed E-state index contributed by atoms with van der Waals surface area (Å²) in [6.45, 7) is 6.93. The van der Waals surface area contributed by atoms with Crippen LogP contribution in [0.15, 0.2) is 0 Å². The summed E-state index contributed by atoms with van der Waals surface area (Å²) in [5, 5.41) is 16.8. The Morgan fingerprint density at radius 2 is 1.68 bits per heavy atom. The number of carboxylic acids is 1. The molecule has 0 bridgehead atoms. The predicted molar refractivity (Wildman–Crippen MR) is 110 cm³/mol. The first-order chi connectivity index (χ1) is 13.0. The van der Waals surface area contributed by atoms with E-state index in [2.05, 4.69) is 16.0 Å². The molecule has 0 aliphatic carbocycles. The Bertz CT molecular complexity index is 544. The van der Waals surface area contributed by atoms with Crippen molar-refractivity contribution in [3.63, 3.8) is 0 Å². The minimum atomic E-state index is -1.12. The van der Waals surface area contributed by atoms with Gasteiger partial charge in [0.05, 0.1) is 12.6 Å². The summed E-state index contributed by atoms with van der Waals surface area (Å²) in [7, 11) is 0. The van der Waals surface area contributed by atoms with Gasteiger partial charge in [0.25, 0.3) is 0 Å². The summed E-state index contributed by atoms with van der Waals surface area (Å²) in [6, 6.07) is -2.65. The lowest BCUT2D eigenvalue weighted by molar-refractivity contribution is -0.142. The van der Waals surface area contributed by atoms with Crippen molar-refractivity contribution >= 4 is 35.5 Å². The Labute approximate surface area is 170 Å². The fourth-order valence-electron chi connectivity index (χ4n) is 2.27. The third kappa shape index (κ3) is 9.41. The number of nitrogens with two attached hydrogens (primary N) is 1. The van der Waals surface area contributed by atoms with Crippen LogP contribution in [0.3, 0.4) is 0 Å². The summed E-state index contributed by atoms with van der Waals surface area (Å²) in [6.07, 6.45) is 2.74. The highest BCUT2D eigenvalue weighted by atomic mass is 32.2. The minimum Gasteiger partial charge on any atom is -0.480 e. The van der Waals surface area contributed by atoms with E-state index in [-0.39, 0.29) is 24.8 Å². The van der Waals surface area contributed by atoms with Gasteiger partial charge >= 0.3 is 5.97 Å². The average Bonchev–Trinajstić information content (AvgIpc) is 2.65. The molecule has 162 valence electrons. The van der Waals surface area contributed by atoms with Gasteiger partial charge in [-0.05, 0) is 30.3 Å². The van der Waals surface area contributed by atoms with Crippen molar-refractivity contribution in [2.24, 2.45) is 17.6 Å².